The molecule has 0 bridgehead atoms. The fourth-order valence-electron chi connectivity index (χ4n) is 3.99. The van der Waals surface area contributed by atoms with E-state index in [9.17, 15) is 9.69 Å². The van der Waals surface area contributed by atoms with Gasteiger partial charge in [-0.3, -0.25) is 4.79 Å². The van der Waals surface area contributed by atoms with Crippen molar-refractivity contribution in [3.63, 3.8) is 0 Å². The van der Waals surface area contributed by atoms with Gasteiger partial charge in [0.25, 0.3) is 0 Å². The first-order chi connectivity index (χ1) is 17.9. The topological polar surface area (TPSA) is 77.5 Å². The molecule has 0 saturated heterocycles. The summed E-state index contributed by atoms with van der Waals surface area (Å²) in [6.45, 7) is 4.79. The minimum Gasteiger partial charge on any atom is -0.490 e. The molecule has 1 aromatic rings. The molecule has 7 nitrogen and oxygen atoms in total. The fraction of sp³-hybridized carbons (Fsp3) is 0.759. The average Bonchev–Trinajstić information content (AvgIpc) is 2.86. The lowest BCUT2D eigenvalue weighted by molar-refractivity contribution is -0.149. The maximum atomic E-state index is 11.5. The van der Waals surface area contributed by atoms with Crippen LogP contribution in [-0.4, -0.2) is 62.3 Å². The molecule has 0 spiro atoms. The van der Waals surface area contributed by atoms with Gasteiger partial charge in [-0.1, -0.05) is 89.7 Å². The van der Waals surface area contributed by atoms with Crippen molar-refractivity contribution in [3.05, 3.63) is 29.8 Å². The van der Waals surface area contributed by atoms with E-state index in [1.807, 2.05) is 37.2 Å². The highest BCUT2D eigenvalue weighted by atomic mass is 31.2. The molecule has 2 unspecified atom stereocenters. The SMILES string of the molecule is CCCCCCCCCCCCCCc1cccc(OCC(COP(O)OCCN(C)C)OC(C)=O)c1. The van der Waals surface area contributed by atoms with Crippen LogP contribution in [0.3, 0.4) is 0 Å². The number of carbonyl (C=O) groups is 1. The molecule has 0 saturated carbocycles. The fourth-order valence-corrected chi connectivity index (χ4v) is 4.59. The number of nitrogens with zero attached hydrogens (tertiary/aromatic N) is 1. The van der Waals surface area contributed by atoms with E-state index in [1.165, 1.54) is 89.5 Å². The molecular formula is C29H52NO6P. The van der Waals surface area contributed by atoms with E-state index in [2.05, 4.69) is 13.0 Å². The third-order valence-electron chi connectivity index (χ3n) is 6.10. The second kappa shape index (κ2) is 22.7. The second-order valence-corrected chi connectivity index (χ2v) is 11.0. The molecule has 0 aliphatic carbocycles. The molecule has 37 heavy (non-hydrogen) atoms. The van der Waals surface area contributed by atoms with Crippen molar-refractivity contribution in [2.45, 2.75) is 103 Å². The Morgan fingerprint density at radius 2 is 1.54 bits per heavy atom. The summed E-state index contributed by atoms with van der Waals surface area (Å²) in [5.74, 6) is 0.316. The van der Waals surface area contributed by atoms with E-state index in [1.54, 1.807) is 0 Å². The number of esters is 1. The number of ether oxygens (including phenoxy) is 2. The third kappa shape index (κ3) is 20.4. The van der Waals surface area contributed by atoms with Gasteiger partial charge in [-0.05, 0) is 44.6 Å². The van der Waals surface area contributed by atoms with Crippen molar-refractivity contribution in [1.82, 2.24) is 4.90 Å². The van der Waals surface area contributed by atoms with Crippen LogP contribution in [0.25, 0.3) is 0 Å². The smallest absolute Gasteiger partial charge is 0.330 e. The van der Waals surface area contributed by atoms with Gasteiger partial charge in [-0.15, -0.1) is 0 Å². The van der Waals surface area contributed by atoms with Gasteiger partial charge in [0.1, 0.15) is 12.4 Å². The van der Waals surface area contributed by atoms with Crippen LogP contribution in [0.4, 0.5) is 0 Å². The molecule has 8 heteroatoms. The minimum atomic E-state index is -2.03. The lowest BCUT2D eigenvalue weighted by Gasteiger charge is -2.19. The Kier molecular flexibility index (Phi) is 20.7. The van der Waals surface area contributed by atoms with Crippen LogP contribution >= 0.6 is 8.60 Å². The predicted octanol–water partition coefficient (Wildman–Crippen LogP) is 7.05. The summed E-state index contributed by atoms with van der Waals surface area (Å²) in [6.07, 6.45) is 16.6. The Balaban J connectivity index is 2.25. The molecule has 0 aromatic heterocycles. The van der Waals surface area contributed by atoms with Crippen LogP contribution in [0.1, 0.15) is 96.5 Å². The number of hydrogen-bond donors (Lipinski definition) is 1. The van der Waals surface area contributed by atoms with Gasteiger partial charge in [-0.25, -0.2) is 0 Å². The van der Waals surface area contributed by atoms with Gasteiger partial charge < -0.3 is 28.3 Å². The summed E-state index contributed by atoms with van der Waals surface area (Å²) in [6, 6.07) is 8.07. The van der Waals surface area contributed by atoms with Crippen LogP contribution in [-0.2, 0) is 25.0 Å². The van der Waals surface area contributed by atoms with Crippen LogP contribution < -0.4 is 4.74 Å². The summed E-state index contributed by atoms with van der Waals surface area (Å²) in [5.41, 5.74) is 1.25. The highest BCUT2D eigenvalue weighted by Crippen LogP contribution is 2.32. The first-order valence-electron chi connectivity index (χ1n) is 14.2. The van der Waals surface area contributed by atoms with Crippen molar-refractivity contribution in [3.8, 4) is 5.75 Å². The lowest BCUT2D eigenvalue weighted by Crippen LogP contribution is -2.28. The average molecular weight is 542 g/mol. The van der Waals surface area contributed by atoms with Crippen LogP contribution in [0.2, 0.25) is 0 Å². The number of unbranched alkanes of at least 4 members (excludes halogenated alkanes) is 11. The van der Waals surface area contributed by atoms with Crippen LogP contribution in [0.5, 0.6) is 5.75 Å². The zero-order valence-corrected chi connectivity index (χ0v) is 24.7. The van der Waals surface area contributed by atoms with Gasteiger partial charge in [0.15, 0.2) is 6.10 Å². The molecule has 0 aliphatic rings. The van der Waals surface area contributed by atoms with Crippen molar-refractivity contribution in [2.24, 2.45) is 0 Å². The molecular weight excluding hydrogens is 489 g/mol. The van der Waals surface area contributed by atoms with E-state index in [4.69, 9.17) is 18.5 Å². The van der Waals surface area contributed by atoms with Gasteiger partial charge in [0.2, 0.25) is 0 Å². The molecule has 1 N–H and O–H groups in total. The Hall–Kier alpha value is -1.24. The number of benzene rings is 1. The highest BCUT2D eigenvalue weighted by molar-refractivity contribution is 7.40. The molecule has 1 rings (SSSR count). The second-order valence-electron chi connectivity index (χ2n) is 10.00. The Labute approximate surface area is 227 Å². The number of aryl methyl sites for hydroxylation is 1. The first-order valence-corrected chi connectivity index (χ1v) is 15.3. The molecule has 0 amide bonds. The van der Waals surface area contributed by atoms with Crippen molar-refractivity contribution < 1.29 is 28.2 Å². The standard InChI is InChI=1S/C29H52NO6P/c1-5-6-7-8-9-10-11-12-13-14-15-16-18-27-19-17-20-28(23-27)33-24-29(36-26(2)31)25-35-37(32)34-22-21-30(3)4/h17,19-20,23,29,32H,5-16,18,21-22,24-25H2,1-4H3. The molecule has 0 aliphatic heterocycles. The summed E-state index contributed by atoms with van der Waals surface area (Å²) < 4.78 is 21.8. The monoisotopic (exact) mass is 541 g/mol. The maximum absolute atomic E-state index is 11.5. The van der Waals surface area contributed by atoms with E-state index in [-0.39, 0.29) is 13.2 Å². The Morgan fingerprint density at radius 1 is 0.919 bits per heavy atom. The molecule has 0 fully saturated rings. The molecule has 2 atom stereocenters. The first kappa shape index (κ1) is 33.8. The Bertz CT molecular complexity index is 690. The zero-order chi connectivity index (χ0) is 27.1. The molecule has 214 valence electrons. The number of carbonyl (C=O) groups excluding carboxylic acids is 1. The van der Waals surface area contributed by atoms with Gasteiger partial charge in [-0.2, -0.15) is 0 Å². The Morgan fingerprint density at radius 3 is 2.14 bits per heavy atom. The summed E-state index contributed by atoms with van der Waals surface area (Å²) >= 11 is 0. The van der Waals surface area contributed by atoms with Crippen molar-refractivity contribution in [1.29, 1.82) is 0 Å². The quantitative estimate of drug-likeness (QED) is 0.0853. The van der Waals surface area contributed by atoms with Crippen LogP contribution in [0.15, 0.2) is 24.3 Å². The largest absolute Gasteiger partial charge is 0.490 e. The van der Waals surface area contributed by atoms with E-state index in [0.29, 0.717) is 13.2 Å². The number of rotatable bonds is 24. The normalized spacial score (nSPS) is 13.0. The zero-order valence-electron chi connectivity index (χ0n) is 23.8. The van der Waals surface area contributed by atoms with Crippen molar-refractivity contribution in [2.75, 3.05) is 40.5 Å². The van der Waals surface area contributed by atoms with Gasteiger partial charge in [0, 0.05) is 13.5 Å². The number of likely N-dealkylation sites (N-methyl/N-ethyl adjacent to an activating group) is 1. The molecule has 1 aromatic carbocycles. The lowest BCUT2D eigenvalue weighted by atomic mass is 10.0. The van der Waals surface area contributed by atoms with E-state index < -0.39 is 20.7 Å². The van der Waals surface area contributed by atoms with E-state index in [0.717, 1.165) is 12.2 Å². The van der Waals surface area contributed by atoms with E-state index >= 15 is 0 Å². The third-order valence-corrected chi connectivity index (χ3v) is 6.87. The highest BCUT2D eigenvalue weighted by Gasteiger charge is 2.17. The van der Waals surface area contributed by atoms with Crippen LogP contribution in [0, 0.1) is 0 Å². The summed E-state index contributed by atoms with van der Waals surface area (Å²) in [4.78, 5) is 23.3. The predicted molar refractivity (Wildman–Crippen MR) is 152 cm³/mol. The summed E-state index contributed by atoms with van der Waals surface area (Å²) in [5, 5.41) is 0. The molecule has 0 heterocycles. The van der Waals surface area contributed by atoms with Gasteiger partial charge in [0.05, 0.1) is 13.2 Å². The van der Waals surface area contributed by atoms with Gasteiger partial charge >= 0.3 is 14.6 Å². The van der Waals surface area contributed by atoms with Crippen molar-refractivity contribution >= 4 is 14.6 Å². The summed E-state index contributed by atoms with van der Waals surface area (Å²) in [7, 11) is 1.81. The minimum absolute atomic E-state index is 0.00228. The maximum Gasteiger partial charge on any atom is 0.330 e. The number of hydrogen-bond acceptors (Lipinski definition) is 7. The molecule has 0 radical (unpaired) electrons.